The number of benzene rings is 2. The van der Waals surface area contributed by atoms with Gasteiger partial charge in [-0.2, -0.15) is 4.98 Å². The van der Waals surface area contributed by atoms with Crippen LogP contribution in [0.1, 0.15) is 23.7 Å². The molecule has 0 bridgehead atoms. The lowest BCUT2D eigenvalue weighted by atomic mass is 9.94. The molecule has 0 aliphatic carbocycles. The second-order valence-corrected chi connectivity index (χ2v) is 7.47. The summed E-state index contributed by atoms with van der Waals surface area (Å²) in [5.74, 6) is 1.02. The molecule has 2 aromatic carbocycles. The first kappa shape index (κ1) is 18.7. The van der Waals surface area contributed by atoms with Gasteiger partial charge in [0.05, 0.1) is 11.1 Å². The minimum absolute atomic E-state index is 0.0963. The molecule has 2 atom stereocenters. The van der Waals surface area contributed by atoms with Crippen LogP contribution in [0.5, 0.6) is 0 Å². The maximum atomic E-state index is 12.9. The van der Waals surface area contributed by atoms with Gasteiger partial charge in [0, 0.05) is 23.2 Å². The standard InChI is InChI=1S/C21H21ClN4O2/c1-13-9-10-23-12-18(13)24-20(27)16-7-2-3-8-17(16)21-25-19(26-28-21)14-5-4-6-15(22)11-14/h2-8,11,13,18,23H,9-10,12H2,1H3,(H,24,27). The van der Waals surface area contributed by atoms with Crippen molar-refractivity contribution in [1.82, 2.24) is 20.8 Å². The summed E-state index contributed by atoms with van der Waals surface area (Å²) in [5.41, 5.74) is 1.88. The molecule has 0 saturated carbocycles. The third kappa shape index (κ3) is 3.93. The molecule has 1 aliphatic rings. The van der Waals surface area contributed by atoms with Crippen molar-refractivity contribution < 1.29 is 9.32 Å². The summed E-state index contributed by atoms with van der Waals surface area (Å²) in [5, 5.41) is 11.1. The van der Waals surface area contributed by atoms with Crippen molar-refractivity contribution in [2.45, 2.75) is 19.4 Å². The lowest BCUT2D eigenvalue weighted by Crippen LogP contribution is -2.50. The van der Waals surface area contributed by atoms with Crippen molar-refractivity contribution in [3.05, 3.63) is 59.1 Å². The van der Waals surface area contributed by atoms with E-state index in [4.69, 9.17) is 16.1 Å². The Hall–Kier alpha value is -2.70. The van der Waals surface area contributed by atoms with Crippen LogP contribution in [-0.2, 0) is 0 Å². The van der Waals surface area contributed by atoms with Crippen molar-refractivity contribution in [1.29, 1.82) is 0 Å². The summed E-state index contributed by atoms with van der Waals surface area (Å²) < 4.78 is 5.45. The van der Waals surface area contributed by atoms with E-state index in [1.54, 1.807) is 18.2 Å². The number of hydrogen-bond donors (Lipinski definition) is 2. The Balaban J connectivity index is 1.60. The summed E-state index contributed by atoms with van der Waals surface area (Å²) in [4.78, 5) is 17.4. The van der Waals surface area contributed by atoms with E-state index in [-0.39, 0.29) is 11.9 Å². The monoisotopic (exact) mass is 396 g/mol. The zero-order chi connectivity index (χ0) is 19.5. The number of aromatic nitrogens is 2. The van der Waals surface area contributed by atoms with Gasteiger partial charge in [-0.25, -0.2) is 0 Å². The molecule has 1 amide bonds. The molecule has 28 heavy (non-hydrogen) atoms. The number of carbonyl (C=O) groups excluding carboxylic acids is 1. The van der Waals surface area contributed by atoms with E-state index < -0.39 is 0 Å². The van der Waals surface area contributed by atoms with Gasteiger partial charge >= 0.3 is 0 Å². The fourth-order valence-electron chi connectivity index (χ4n) is 3.37. The van der Waals surface area contributed by atoms with Crippen molar-refractivity contribution >= 4 is 17.5 Å². The van der Waals surface area contributed by atoms with E-state index in [2.05, 4.69) is 27.7 Å². The van der Waals surface area contributed by atoms with Gasteiger partial charge in [-0.15, -0.1) is 0 Å². The van der Waals surface area contributed by atoms with Crippen molar-refractivity contribution in [2.24, 2.45) is 5.92 Å². The summed E-state index contributed by atoms with van der Waals surface area (Å²) in [6.07, 6.45) is 1.04. The van der Waals surface area contributed by atoms with Crippen LogP contribution in [0, 0.1) is 5.92 Å². The highest BCUT2D eigenvalue weighted by Crippen LogP contribution is 2.26. The highest BCUT2D eigenvalue weighted by atomic mass is 35.5. The molecule has 1 aliphatic heterocycles. The number of hydrogen-bond acceptors (Lipinski definition) is 5. The number of piperidine rings is 1. The van der Waals surface area contributed by atoms with E-state index in [0.717, 1.165) is 25.1 Å². The fraction of sp³-hybridized carbons (Fsp3) is 0.286. The second kappa shape index (κ2) is 8.12. The number of rotatable bonds is 4. The molecule has 144 valence electrons. The molecule has 1 fully saturated rings. The molecule has 0 spiro atoms. The van der Waals surface area contributed by atoms with Gasteiger partial charge < -0.3 is 15.2 Å². The van der Waals surface area contributed by atoms with Crippen molar-refractivity contribution in [3.8, 4) is 22.8 Å². The predicted molar refractivity (Wildman–Crippen MR) is 108 cm³/mol. The number of halogens is 1. The molecule has 2 N–H and O–H groups in total. The summed E-state index contributed by atoms with van der Waals surface area (Å²) in [6.45, 7) is 3.92. The zero-order valence-corrected chi connectivity index (χ0v) is 16.2. The van der Waals surface area contributed by atoms with Crippen LogP contribution >= 0.6 is 11.6 Å². The predicted octanol–water partition coefficient (Wildman–Crippen LogP) is 3.78. The van der Waals surface area contributed by atoms with Crippen LogP contribution in [0.25, 0.3) is 22.8 Å². The van der Waals surface area contributed by atoms with Crippen LogP contribution in [0.15, 0.2) is 53.1 Å². The molecule has 6 nitrogen and oxygen atoms in total. The molecule has 0 radical (unpaired) electrons. The molecule has 1 aromatic heterocycles. The van der Waals surface area contributed by atoms with Crippen LogP contribution in [-0.4, -0.2) is 35.2 Å². The highest BCUT2D eigenvalue weighted by Gasteiger charge is 2.25. The third-order valence-electron chi connectivity index (χ3n) is 5.06. The van der Waals surface area contributed by atoms with Gasteiger partial charge in [-0.3, -0.25) is 4.79 Å². The number of nitrogens with zero attached hydrogens (tertiary/aromatic N) is 2. The highest BCUT2D eigenvalue weighted by molar-refractivity contribution is 6.30. The van der Waals surface area contributed by atoms with Crippen LogP contribution < -0.4 is 10.6 Å². The molecule has 3 aromatic rings. The average molecular weight is 397 g/mol. The average Bonchev–Trinajstić information content (AvgIpc) is 3.20. The Morgan fingerprint density at radius 3 is 2.93 bits per heavy atom. The molecule has 7 heteroatoms. The number of amides is 1. The minimum atomic E-state index is -0.140. The largest absolute Gasteiger partial charge is 0.348 e. The molecular weight excluding hydrogens is 376 g/mol. The Bertz CT molecular complexity index is 988. The topological polar surface area (TPSA) is 80.0 Å². The van der Waals surface area contributed by atoms with Gasteiger partial charge in [0.1, 0.15) is 0 Å². The Kier molecular flexibility index (Phi) is 5.41. The van der Waals surface area contributed by atoms with E-state index in [9.17, 15) is 4.79 Å². The Morgan fingerprint density at radius 2 is 2.11 bits per heavy atom. The van der Waals surface area contributed by atoms with Gasteiger partial charge in [0.2, 0.25) is 5.82 Å². The SMILES string of the molecule is CC1CCNCC1NC(=O)c1ccccc1-c1nc(-c2cccc(Cl)c2)no1. The van der Waals surface area contributed by atoms with Gasteiger partial charge in [0.25, 0.3) is 11.8 Å². The fourth-order valence-corrected chi connectivity index (χ4v) is 3.56. The van der Waals surface area contributed by atoms with Crippen LogP contribution in [0.4, 0.5) is 0 Å². The molecule has 4 rings (SSSR count). The quantitative estimate of drug-likeness (QED) is 0.701. The maximum absolute atomic E-state index is 12.9. The summed E-state index contributed by atoms with van der Waals surface area (Å²) in [7, 11) is 0. The second-order valence-electron chi connectivity index (χ2n) is 7.03. The van der Waals surface area contributed by atoms with E-state index >= 15 is 0 Å². The minimum Gasteiger partial charge on any atom is -0.348 e. The van der Waals surface area contributed by atoms with Gasteiger partial charge in [0.15, 0.2) is 0 Å². The van der Waals surface area contributed by atoms with Gasteiger partial charge in [-0.05, 0) is 43.1 Å². The van der Waals surface area contributed by atoms with Crippen LogP contribution in [0.3, 0.4) is 0 Å². The van der Waals surface area contributed by atoms with E-state index in [1.807, 2.05) is 30.3 Å². The Labute approximate surface area is 168 Å². The first-order valence-corrected chi connectivity index (χ1v) is 9.70. The van der Waals surface area contributed by atoms with Crippen molar-refractivity contribution in [3.63, 3.8) is 0 Å². The third-order valence-corrected chi connectivity index (χ3v) is 5.29. The number of carbonyl (C=O) groups is 1. The summed E-state index contributed by atoms with van der Waals surface area (Å²) >= 11 is 6.05. The Morgan fingerprint density at radius 1 is 1.25 bits per heavy atom. The lowest BCUT2D eigenvalue weighted by Gasteiger charge is -2.30. The molecular formula is C21H21ClN4O2. The maximum Gasteiger partial charge on any atom is 0.259 e. The first-order valence-electron chi connectivity index (χ1n) is 9.32. The zero-order valence-electron chi connectivity index (χ0n) is 15.5. The first-order chi connectivity index (χ1) is 13.6. The number of nitrogens with one attached hydrogen (secondary N) is 2. The van der Waals surface area contributed by atoms with Crippen molar-refractivity contribution in [2.75, 3.05) is 13.1 Å². The molecule has 2 heterocycles. The van der Waals surface area contributed by atoms with E-state index in [0.29, 0.717) is 33.8 Å². The van der Waals surface area contributed by atoms with Crippen LogP contribution in [0.2, 0.25) is 5.02 Å². The molecule has 1 saturated heterocycles. The summed E-state index contributed by atoms with van der Waals surface area (Å²) in [6, 6.07) is 14.6. The smallest absolute Gasteiger partial charge is 0.259 e. The molecule has 2 unspecified atom stereocenters. The van der Waals surface area contributed by atoms with Gasteiger partial charge in [-0.1, -0.05) is 47.9 Å². The lowest BCUT2D eigenvalue weighted by molar-refractivity contribution is 0.0915. The normalized spacial score (nSPS) is 19.4. The van der Waals surface area contributed by atoms with E-state index in [1.165, 1.54) is 0 Å².